The second-order valence-electron chi connectivity index (χ2n) is 4.44. The number of anilines is 1. The molecule has 0 spiro atoms. The van der Waals surface area contributed by atoms with Crippen molar-refractivity contribution in [2.24, 2.45) is 0 Å². The molecule has 1 aliphatic rings. The fourth-order valence-electron chi connectivity index (χ4n) is 2.01. The molecule has 0 radical (unpaired) electrons. The van der Waals surface area contributed by atoms with Crippen LogP contribution in [-0.2, 0) is 4.74 Å². The first-order chi connectivity index (χ1) is 9.60. The van der Waals surface area contributed by atoms with Gasteiger partial charge in [-0.15, -0.1) is 0 Å². The maximum Gasteiger partial charge on any atom is 0.319 e. The molecule has 1 atom stereocenters. The molecule has 1 saturated heterocycles. The van der Waals surface area contributed by atoms with Crippen LogP contribution < -0.4 is 15.4 Å². The summed E-state index contributed by atoms with van der Waals surface area (Å²) >= 11 is 0. The summed E-state index contributed by atoms with van der Waals surface area (Å²) in [4.78, 5) is 11.6. The van der Waals surface area contributed by atoms with E-state index in [1.165, 1.54) is 7.11 Å². The Kier molecular flexibility index (Phi) is 4.73. The zero-order valence-corrected chi connectivity index (χ0v) is 11.0. The number of hydrogen-bond acceptors (Lipinski definition) is 3. The predicted octanol–water partition coefficient (Wildman–Crippen LogP) is 2.27. The average Bonchev–Trinajstić information content (AvgIpc) is 2.89. The molecule has 5 nitrogen and oxygen atoms in total. The highest BCUT2D eigenvalue weighted by Crippen LogP contribution is 2.25. The lowest BCUT2D eigenvalue weighted by atomic mass is 10.2. The first-order valence-corrected chi connectivity index (χ1v) is 6.29. The predicted molar refractivity (Wildman–Crippen MR) is 68.9 cm³/mol. The largest absolute Gasteiger partial charge is 0.491 e. The molecular weight excluding hydrogens is 270 g/mol. The number of ether oxygens (including phenoxy) is 2. The molecule has 2 rings (SSSR count). The molecule has 0 saturated carbocycles. The van der Waals surface area contributed by atoms with Crippen LogP contribution in [0, 0.1) is 11.6 Å². The number of halogens is 2. The van der Waals surface area contributed by atoms with Gasteiger partial charge >= 0.3 is 6.03 Å². The SMILES string of the molecule is COc1c(F)cc(NC(=O)NCC2CCCO2)cc1F. The smallest absolute Gasteiger partial charge is 0.319 e. The third-order valence-corrected chi connectivity index (χ3v) is 2.97. The highest BCUT2D eigenvalue weighted by atomic mass is 19.1. The van der Waals surface area contributed by atoms with Gasteiger partial charge < -0.3 is 20.1 Å². The fourth-order valence-corrected chi connectivity index (χ4v) is 2.01. The lowest BCUT2D eigenvalue weighted by Gasteiger charge is -2.12. The number of urea groups is 1. The highest BCUT2D eigenvalue weighted by molar-refractivity contribution is 5.89. The number of nitrogens with one attached hydrogen (secondary N) is 2. The Balaban J connectivity index is 1.90. The van der Waals surface area contributed by atoms with Gasteiger partial charge in [0.25, 0.3) is 0 Å². The third-order valence-electron chi connectivity index (χ3n) is 2.97. The third kappa shape index (κ3) is 3.57. The summed E-state index contributed by atoms with van der Waals surface area (Å²) < 4.78 is 36.8. The topological polar surface area (TPSA) is 59.6 Å². The molecule has 1 unspecified atom stereocenters. The Morgan fingerprint density at radius 1 is 1.45 bits per heavy atom. The molecule has 1 aliphatic heterocycles. The highest BCUT2D eigenvalue weighted by Gasteiger charge is 2.17. The Morgan fingerprint density at radius 3 is 2.70 bits per heavy atom. The van der Waals surface area contributed by atoms with Crippen LogP contribution in [-0.4, -0.2) is 32.4 Å². The molecule has 7 heteroatoms. The monoisotopic (exact) mass is 286 g/mol. The lowest BCUT2D eigenvalue weighted by Crippen LogP contribution is -2.35. The maximum atomic E-state index is 13.4. The van der Waals surface area contributed by atoms with E-state index < -0.39 is 23.4 Å². The number of carbonyl (C=O) groups excluding carboxylic acids is 1. The zero-order valence-electron chi connectivity index (χ0n) is 11.0. The second kappa shape index (κ2) is 6.51. The van der Waals surface area contributed by atoms with Crippen LogP contribution in [0.5, 0.6) is 5.75 Å². The molecule has 2 amide bonds. The van der Waals surface area contributed by atoms with Gasteiger partial charge in [-0.05, 0) is 12.8 Å². The molecule has 0 bridgehead atoms. The molecule has 20 heavy (non-hydrogen) atoms. The van der Waals surface area contributed by atoms with Crippen LogP contribution in [0.1, 0.15) is 12.8 Å². The standard InChI is InChI=1S/C13H16F2N2O3/c1-19-12-10(14)5-8(6-11(12)15)17-13(18)16-7-9-3-2-4-20-9/h5-6,9H,2-4,7H2,1H3,(H2,16,17,18). The fraction of sp³-hybridized carbons (Fsp3) is 0.462. The Labute approximate surface area is 115 Å². The summed E-state index contributed by atoms with van der Waals surface area (Å²) in [5.41, 5.74) is 0.0191. The Bertz CT molecular complexity index is 467. The molecule has 1 aromatic rings. The first-order valence-electron chi connectivity index (χ1n) is 6.29. The van der Waals surface area contributed by atoms with Gasteiger partial charge in [0.15, 0.2) is 17.4 Å². The van der Waals surface area contributed by atoms with E-state index in [4.69, 9.17) is 4.74 Å². The van der Waals surface area contributed by atoms with Gasteiger partial charge in [-0.3, -0.25) is 0 Å². The minimum atomic E-state index is -0.873. The van der Waals surface area contributed by atoms with Crippen molar-refractivity contribution < 1.29 is 23.0 Å². The van der Waals surface area contributed by atoms with E-state index in [0.717, 1.165) is 25.0 Å². The van der Waals surface area contributed by atoms with Gasteiger partial charge in [0, 0.05) is 31.0 Å². The number of carbonyl (C=O) groups is 1. The minimum Gasteiger partial charge on any atom is -0.491 e. The van der Waals surface area contributed by atoms with Crippen LogP contribution in [0.4, 0.5) is 19.3 Å². The van der Waals surface area contributed by atoms with Crippen LogP contribution in [0.25, 0.3) is 0 Å². The quantitative estimate of drug-likeness (QED) is 0.892. The van der Waals surface area contributed by atoms with E-state index in [1.807, 2.05) is 0 Å². The number of amides is 2. The number of rotatable bonds is 4. The van der Waals surface area contributed by atoms with E-state index in [9.17, 15) is 13.6 Å². The van der Waals surface area contributed by atoms with Crippen LogP contribution >= 0.6 is 0 Å². The molecule has 1 fully saturated rings. The van der Waals surface area contributed by atoms with Crippen molar-refractivity contribution in [3.05, 3.63) is 23.8 Å². The molecule has 1 heterocycles. The van der Waals surface area contributed by atoms with Crippen LogP contribution in [0.2, 0.25) is 0 Å². The van der Waals surface area contributed by atoms with Gasteiger partial charge in [-0.1, -0.05) is 0 Å². The normalized spacial score (nSPS) is 17.9. The van der Waals surface area contributed by atoms with Crippen LogP contribution in [0.3, 0.4) is 0 Å². The second-order valence-corrected chi connectivity index (χ2v) is 4.44. The van der Waals surface area contributed by atoms with Crippen molar-refractivity contribution in [2.75, 3.05) is 25.6 Å². The zero-order chi connectivity index (χ0) is 14.5. The number of hydrogen-bond donors (Lipinski definition) is 2. The summed E-state index contributed by atoms with van der Waals surface area (Å²) in [5, 5.41) is 4.95. The summed E-state index contributed by atoms with van der Waals surface area (Å²) in [6.45, 7) is 1.07. The average molecular weight is 286 g/mol. The molecule has 2 N–H and O–H groups in total. The lowest BCUT2D eigenvalue weighted by molar-refractivity contribution is 0.112. The Morgan fingerprint density at radius 2 is 2.15 bits per heavy atom. The van der Waals surface area contributed by atoms with E-state index >= 15 is 0 Å². The summed E-state index contributed by atoms with van der Waals surface area (Å²) in [6, 6.07) is 1.45. The number of benzene rings is 1. The summed E-state index contributed by atoms with van der Waals surface area (Å²) in [7, 11) is 1.17. The molecule has 110 valence electrons. The summed E-state index contributed by atoms with van der Waals surface area (Å²) in [6.07, 6.45) is 1.87. The van der Waals surface area contributed by atoms with Gasteiger partial charge in [-0.2, -0.15) is 0 Å². The van der Waals surface area contributed by atoms with Crippen molar-refractivity contribution >= 4 is 11.7 Å². The minimum absolute atomic E-state index is 0.00471. The molecule has 0 aliphatic carbocycles. The molecule has 1 aromatic carbocycles. The van der Waals surface area contributed by atoms with Crippen molar-refractivity contribution in [3.63, 3.8) is 0 Å². The van der Waals surface area contributed by atoms with Gasteiger partial charge in [-0.25, -0.2) is 13.6 Å². The van der Waals surface area contributed by atoms with Gasteiger partial charge in [0.1, 0.15) is 0 Å². The Hall–Kier alpha value is -1.89. The van der Waals surface area contributed by atoms with E-state index in [1.54, 1.807) is 0 Å². The number of methoxy groups -OCH3 is 1. The van der Waals surface area contributed by atoms with Crippen molar-refractivity contribution in [1.82, 2.24) is 5.32 Å². The van der Waals surface area contributed by atoms with Crippen LogP contribution in [0.15, 0.2) is 12.1 Å². The van der Waals surface area contributed by atoms with Crippen molar-refractivity contribution in [3.8, 4) is 5.75 Å². The van der Waals surface area contributed by atoms with Gasteiger partial charge in [0.2, 0.25) is 0 Å². The van der Waals surface area contributed by atoms with E-state index in [-0.39, 0.29) is 11.8 Å². The van der Waals surface area contributed by atoms with E-state index in [2.05, 4.69) is 15.4 Å². The van der Waals surface area contributed by atoms with Crippen molar-refractivity contribution in [1.29, 1.82) is 0 Å². The molecular formula is C13H16F2N2O3. The van der Waals surface area contributed by atoms with Crippen molar-refractivity contribution in [2.45, 2.75) is 18.9 Å². The van der Waals surface area contributed by atoms with Gasteiger partial charge in [0.05, 0.1) is 13.2 Å². The van der Waals surface area contributed by atoms with E-state index in [0.29, 0.717) is 13.2 Å². The molecule has 0 aromatic heterocycles. The maximum absolute atomic E-state index is 13.4. The summed E-state index contributed by atoms with van der Waals surface area (Å²) in [5.74, 6) is -2.22. The first kappa shape index (κ1) is 14.5.